The maximum Gasteiger partial charge on any atom is 0.305 e. The molecular formula is C35H37NO4. The molecule has 0 bridgehead atoms. The van der Waals surface area contributed by atoms with Crippen LogP contribution >= 0.6 is 0 Å². The second-order valence-electron chi connectivity index (χ2n) is 10.2. The first-order chi connectivity index (χ1) is 19.4. The van der Waals surface area contributed by atoms with E-state index in [1.807, 2.05) is 47.0 Å². The van der Waals surface area contributed by atoms with Crippen LogP contribution in [0.1, 0.15) is 79.4 Å². The Morgan fingerprint density at radius 2 is 1.73 bits per heavy atom. The number of benzene rings is 2. The molecule has 0 N–H and O–H groups in total. The first kappa shape index (κ1) is 28.7. The zero-order chi connectivity index (χ0) is 28.5. The number of carbonyl (C=O) groups excluding carboxylic acids is 2. The van der Waals surface area contributed by atoms with Crippen LogP contribution in [-0.4, -0.2) is 22.8 Å². The lowest BCUT2D eigenvalue weighted by Gasteiger charge is -2.15. The number of carbonyl (C=O) groups is 2. The van der Waals surface area contributed by atoms with Gasteiger partial charge < -0.3 is 13.9 Å². The summed E-state index contributed by atoms with van der Waals surface area (Å²) in [7, 11) is 0. The summed E-state index contributed by atoms with van der Waals surface area (Å²) in [4.78, 5) is 25.3. The highest BCUT2D eigenvalue weighted by atomic mass is 16.5. The second-order valence-corrected chi connectivity index (χ2v) is 10.2. The van der Waals surface area contributed by atoms with Crippen molar-refractivity contribution in [3.05, 3.63) is 107 Å². The van der Waals surface area contributed by atoms with Gasteiger partial charge in [0.2, 0.25) is 0 Å². The van der Waals surface area contributed by atoms with Gasteiger partial charge >= 0.3 is 5.97 Å². The number of hydrogen-bond acceptors (Lipinski definition) is 4. The molecule has 0 fully saturated rings. The molecule has 2 aromatic carbocycles. The summed E-state index contributed by atoms with van der Waals surface area (Å²) in [5, 5.41) is 0. The Labute approximate surface area is 237 Å². The fourth-order valence-corrected chi connectivity index (χ4v) is 4.83. The normalized spacial score (nSPS) is 11.6. The molecule has 0 radical (unpaired) electrons. The van der Waals surface area contributed by atoms with Gasteiger partial charge in [0.05, 0.1) is 12.1 Å². The number of esters is 1. The first-order valence-electron chi connectivity index (χ1n) is 14.0. The average Bonchev–Trinajstić information content (AvgIpc) is 3.32. The molecule has 0 spiro atoms. The topological polar surface area (TPSA) is 57.0 Å². The lowest BCUT2D eigenvalue weighted by Crippen LogP contribution is -2.06. The van der Waals surface area contributed by atoms with Crippen molar-refractivity contribution in [2.75, 3.05) is 6.61 Å². The Bertz CT molecular complexity index is 1500. The van der Waals surface area contributed by atoms with E-state index in [0.717, 1.165) is 23.2 Å². The summed E-state index contributed by atoms with van der Waals surface area (Å²) >= 11 is 0. The van der Waals surface area contributed by atoms with Gasteiger partial charge in [0.15, 0.2) is 11.9 Å². The summed E-state index contributed by atoms with van der Waals surface area (Å²) in [5.41, 5.74) is 5.35. The van der Waals surface area contributed by atoms with E-state index in [-0.39, 0.29) is 11.8 Å². The van der Waals surface area contributed by atoms with Gasteiger partial charge in [-0.2, -0.15) is 0 Å². The molecule has 1 unspecified atom stereocenters. The summed E-state index contributed by atoms with van der Waals surface area (Å²) in [5.74, 6) is 7.12. The number of nitrogens with zero attached hydrogens (tertiary/aromatic N) is 1. The highest BCUT2D eigenvalue weighted by molar-refractivity contribution is 6.13. The Hall–Kier alpha value is -4.30. The Kier molecular flexibility index (Phi) is 9.81. The Morgan fingerprint density at radius 3 is 2.40 bits per heavy atom. The number of pyridine rings is 1. The van der Waals surface area contributed by atoms with Crippen molar-refractivity contribution < 1.29 is 19.1 Å². The highest BCUT2D eigenvalue weighted by Crippen LogP contribution is 2.26. The smallest absolute Gasteiger partial charge is 0.305 e. The van der Waals surface area contributed by atoms with E-state index in [1.165, 1.54) is 5.56 Å². The van der Waals surface area contributed by atoms with Gasteiger partial charge in [-0.1, -0.05) is 50.1 Å². The zero-order valence-electron chi connectivity index (χ0n) is 23.8. The fraction of sp³-hybridized carbons (Fsp3) is 0.314. The van der Waals surface area contributed by atoms with Gasteiger partial charge in [0, 0.05) is 35.0 Å². The Balaban J connectivity index is 1.49. The van der Waals surface area contributed by atoms with Gasteiger partial charge in [-0.25, -0.2) is 0 Å². The predicted octanol–water partition coefficient (Wildman–Crippen LogP) is 7.40. The van der Waals surface area contributed by atoms with E-state index in [1.54, 1.807) is 26.0 Å². The minimum atomic E-state index is -0.396. The van der Waals surface area contributed by atoms with E-state index in [4.69, 9.17) is 9.47 Å². The lowest BCUT2D eigenvalue weighted by atomic mass is 10.00. The van der Waals surface area contributed by atoms with Gasteiger partial charge in [0.1, 0.15) is 5.75 Å². The third kappa shape index (κ3) is 7.21. The van der Waals surface area contributed by atoms with Crippen molar-refractivity contribution in [2.24, 2.45) is 5.92 Å². The molecule has 4 rings (SSSR count). The standard InChI is InChI=1S/C35H37NO4/c1-5-10-33(27-16-14-26(15-17-27)23-25(3)4)40-30-20-18-28(19-21-30)35(38)31-24-29(11-9-13-34(37)39-6-2)36-22-8-7-12-32(31)36/h7-8,12,14-22,24-25,33H,6,9,11,13,23H2,1-4H3. The van der Waals surface area contributed by atoms with Crippen molar-refractivity contribution in [1.82, 2.24) is 4.40 Å². The lowest BCUT2D eigenvalue weighted by molar-refractivity contribution is -0.143. The van der Waals surface area contributed by atoms with E-state index in [9.17, 15) is 9.59 Å². The fourth-order valence-electron chi connectivity index (χ4n) is 4.83. The molecule has 206 valence electrons. The van der Waals surface area contributed by atoms with E-state index < -0.39 is 6.10 Å². The third-order valence-corrected chi connectivity index (χ3v) is 6.69. The van der Waals surface area contributed by atoms with Gasteiger partial charge in [-0.15, -0.1) is 5.92 Å². The van der Waals surface area contributed by atoms with Crippen LogP contribution in [0.15, 0.2) is 79.0 Å². The molecule has 0 aliphatic carbocycles. The zero-order valence-corrected chi connectivity index (χ0v) is 23.8. The average molecular weight is 536 g/mol. The van der Waals surface area contributed by atoms with Crippen LogP contribution in [-0.2, 0) is 22.4 Å². The van der Waals surface area contributed by atoms with Gasteiger partial charge in [0.25, 0.3) is 0 Å². The SMILES string of the molecule is CC#CC(Oc1ccc(C(=O)c2cc(CCCC(=O)OCC)n3ccccc23)cc1)c1ccc(CC(C)C)cc1. The van der Waals surface area contributed by atoms with Crippen LogP contribution in [0.3, 0.4) is 0 Å². The molecule has 2 heterocycles. The molecule has 40 heavy (non-hydrogen) atoms. The van der Waals surface area contributed by atoms with Crippen LogP contribution in [0.5, 0.6) is 5.75 Å². The third-order valence-electron chi connectivity index (χ3n) is 6.69. The van der Waals surface area contributed by atoms with Crippen LogP contribution in [0.25, 0.3) is 5.52 Å². The predicted molar refractivity (Wildman–Crippen MR) is 159 cm³/mol. The number of fused-ring (bicyclic) bond motifs is 1. The van der Waals surface area contributed by atoms with E-state index >= 15 is 0 Å². The van der Waals surface area contributed by atoms with Crippen LogP contribution < -0.4 is 4.74 Å². The molecule has 1 atom stereocenters. The number of aryl methyl sites for hydroxylation is 1. The van der Waals surface area contributed by atoms with Gasteiger partial charge in [-0.05, 0) is 87.1 Å². The molecule has 2 aromatic heterocycles. The van der Waals surface area contributed by atoms with Crippen molar-refractivity contribution in [3.8, 4) is 17.6 Å². The quantitative estimate of drug-likeness (QED) is 0.108. The number of aromatic nitrogens is 1. The first-order valence-corrected chi connectivity index (χ1v) is 14.0. The molecule has 5 heteroatoms. The molecule has 0 aliphatic rings. The minimum Gasteiger partial charge on any atom is -0.473 e. The maximum absolute atomic E-state index is 13.6. The molecule has 0 saturated carbocycles. The number of rotatable bonds is 12. The summed E-state index contributed by atoms with van der Waals surface area (Å²) in [6, 6.07) is 23.4. The summed E-state index contributed by atoms with van der Waals surface area (Å²) in [6.07, 6.45) is 4.26. The monoisotopic (exact) mass is 535 g/mol. The molecule has 5 nitrogen and oxygen atoms in total. The molecule has 0 saturated heterocycles. The maximum atomic E-state index is 13.6. The number of hydrogen-bond donors (Lipinski definition) is 0. The molecular weight excluding hydrogens is 498 g/mol. The van der Waals surface area contributed by atoms with E-state index in [0.29, 0.717) is 48.7 Å². The number of ketones is 1. The summed E-state index contributed by atoms with van der Waals surface area (Å²) in [6.45, 7) is 8.41. The van der Waals surface area contributed by atoms with Crippen molar-refractivity contribution in [1.29, 1.82) is 0 Å². The summed E-state index contributed by atoms with van der Waals surface area (Å²) < 4.78 is 13.3. The minimum absolute atomic E-state index is 0.0578. The molecule has 4 aromatic rings. The van der Waals surface area contributed by atoms with Crippen LogP contribution in [0.2, 0.25) is 0 Å². The van der Waals surface area contributed by atoms with Crippen molar-refractivity contribution >= 4 is 17.3 Å². The molecule has 0 amide bonds. The highest BCUT2D eigenvalue weighted by Gasteiger charge is 2.18. The van der Waals surface area contributed by atoms with E-state index in [2.05, 4.69) is 50.0 Å². The van der Waals surface area contributed by atoms with Crippen LogP contribution in [0.4, 0.5) is 0 Å². The largest absolute Gasteiger partial charge is 0.473 e. The van der Waals surface area contributed by atoms with Crippen molar-refractivity contribution in [3.63, 3.8) is 0 Å². The van der Waals surface area contributed by atoms with Crippen LogP contribution in [0, 0.1) is 17.8 Å². The number of ether oxygens (including phenoxy) is 2. The van der Waals surface area contributed by atoms with Gasteiger partial charge in [-0.3, -0.25) is 9.59 Å². The Morgan fingerprint density at radius 1 is 0.975 bits per heavy atom. The van der Waals surface area contributed by atoms with Crippen molar-refractivity contribution in [2.45, 2.75) is 59.5 Å². The second kappa shape index (κ2) is 13.7. The molecule has 0 aliphatic heterocycles.